The topological polar surface area (TPSA) is 59.3 Å². The standard InChI is InChI=1S/C18H18N4O/c1-13-7-9-15(10-8-13)14(2)20-21-18(23)11-22-12-19-16-5-3-4-6-17(16)22/h3-10,12H,11H2,1-2H3,(H,21,23)/b20-14-. The number of carbonyl (C=O) groups excluding carboxylic acids is 1. The van der Waals surface area contributed by atoms with Gasteiger partial charge >= 0.3 is 0 Å². The van der Waals surface area contributed by atoms with E-state index in [1.807, 2.05) is 62.4 Å². The Morgan fingerprint density at radius 1 is 1.17 bits per heavy atom. The lowest BCUT2D eigenvalue weighted by atomic mass is 10.1. The minimum absolute atomic E-state index is 0.181. The summed E-state index contributed by atoms with van der Waals surface area (Å²) >= 11 is 0. The summed E-state index contributed by atoms with van der Waals surface area (Å²) in [6.07, 6.45) is 1.67. The summed E-state index contributed by atoms with van der Waals surface area (Å²) in [6, 6.07) is 15.7. The lowest BCUT2D eigenvalue weighted by Gasteiger charge is -2.05. The molecule has 5 heteroatoms. The maximum Gasteiger partial charge on any atom is 0.260 e. The number of imidazole rings is 1. The summed E-state index contributed by atoms with van der Waals surface area (Å²) in [6.45, 7) is 4.09. The second-order valence-electron chi connectivity index (χ2n) is 5.46. The zero-order valence-corrected chi connectivity index (χ0v) is 13.2. The van der Waals surface area contributed by atoms with E-state index >= 15 is 0 Å². The predicted molar refractivity (Wildman–Crippen MR) is 91.3 cm³/mol. The molecule has 0 unspecified atom stereocenters. The smallest absolute Gasteiger partial charge is 0.260 e. The Morgan fingerprint density at radius 2 is 1.91 bits per heavy atom. The molecule has 0 aliphatic carbocycles. The molecule has 0 aliphatic rings. The molecule has 1 aromatic heterocycles. The molecule has 0 atom stereocenters. The number of hydrazone groups is 1. The van der Waals surface area contributed by atoms with Crippen LogP contribution >= 0.6 is 0 Å². The molecular weight excluding hydrogens is 288 g/mol. The van der Waals surface area contributed by atoms with Crippen molar-refractivity contribution in [1.82, 2.24) is 15.0 Å². The molecule has 23 heavy (non-hydrogen) atoms. The van der Waals surface area contributed by atoms with Gasteiger partial charge in [0.2, 0.25) is 0 Å². The van der Waals surface area contributed by atoms with Crippen molar-refractivity contribution in [1.29, 1.82) is 0 Å². The van der Waals surface area contributed by atoms with Crippen LogP contribution in [0, 0.1) is 6.92 Å². The SMILES string of the molecule is C/C(=N/NC(=O)Cn1cnc2ccccc21)c1ccc(C)cc1. The van der Waals surface area contributed by atoms with Crippen LogP contribution in [0.1, 0.15) is 18.1 Å². The van der Waals surface area contributed by atoms with E-state index in [4.69, 9.17) is 0 Å². The van der Waals surface area contributed by atoms with E-state index in [0.29, 0.717) is 0 Å². The van der Waals surface area contributed by atoms with Crippen molar-refractivity contribution in [3.8, 4) is 0 Å². The second-order valence-corrected chi connectivity index (χ2v) is 5.46. The molecule has 0 fully saturated rings. The van der Waals surface area contributed by atoms with Gasteiger partial charge in [-0.3, -0.25) is 4.79 Å². The minimum Gasteiger partial charge on any atom is -0.321 e. The Morgan fingerprint density at radius 3 is 2.70 bits per heavy atom. The number of para-hydroxylation sites is 2. The van der Waals surface area contributed by atoms with E-state index in [0.717, 1.165) is 22.3 Å². The van der Waals surface area contributed by atoms with Crippen molar-refractivity contribution in [3.05, 3.63) is 66.0 Å². The molecule has 0 aliphatic heterocycles. The molecule has 3 rings (SSSR count). The molecule has 1 amide bonds. The molecular formula is C18H18N4O. The highest BCUT2D eigenvalue weighted by Crippen LogP contribution is 2.11. The molecule has 116 valence electrons. The maximum atomic E-state index is 12.1. The summed E-state index contributed by atoms with van der Waals surface area (Å²) in [5, 5.41) is 4.17. The largest absolute Gasteiger partial charge is 0.321 e. The Hall–Kier alpha value is -2.95. The molecule has 0 radical (unpaired) electrons. The van der Waals surface area contributed by atoms with E-state index < -0.39 is 0 Å². The third kappa shape index (κ3) is 3.45. The number of aryl methyl sites for hydroxylation is 1. The Balaban J connectivity index is 1.67. The maximum absolute atomic E-state index is 12.1. The number of hydrogen-bond acceptors (Lipinski definition) is 3. The number of rotatable bonds is 4. The Labute approximate surface area is 134 Å². The van der Waals surface area contributed by atoms with E-state index in [1.54, 1.807) is 10.9 Å². The summed E-state index contributed by atoms with van der Waals surface area (Å²) < 4.78 is 1.81. The van der Waals surface area contributed by atoms with E-state index in [9.17, 15) is 4.79 Å². The number of hydrogen-bond donors (Lipinski definition) is 1. The first-order valence-corrected chi connectivity index (χ1v) is 7.43. The number of fused-ring (bicyclic) bond motifs is 1. The van der Waals surface area contributed by atoms with Gasteiger partial charge in [-0.05, 0) is 31.5 Å². The molecule has 0 bridgehead atoms. The van der Waals surface area contributed by atoms with Crippen LogP contribution in [0.4, 0.5) is 0 Å². The van der Waals surface area contributed by atoms with Crippen molar-refractivity contribution in [2.45, 2.75) is 20.4 Å². The van der Waals surface area contributed by atoms with Crippen LogP contribution in [0.5, 0.6) is 0 Å². The Bertz CT molecular complexity index is 862. The highest BCUT2D eigenvalue weighted by atomic mass is 16.2. The number of aromatic nitrogens is 2. The Kier molecular flexibility index (Phi) is 4.19. The van der Waals surface area contributed by atoms with E-state index in [1.165, 1.54) is 5.56 Å². The van der Waals surface area contributed by atoms with Gasteiger partial charge in [0, 0.05) is 0 Å². The van der Waals surface area contributed by atoms with Gasteiger partial charge in [0.15, 0.2) is 0 Å². The van der Waals surface area contributed by atoms with Crippen LogP contribution < -0.4 is 5.43 Å². The van der Waals surface area contributed by atoms with Crippen molar-refractivity contribution in [2.24, 2.45) is 5.10 Å². The zero-order chi connectivity index (χ0) is 16.2. The lowest BCUT2D eigenvalue weighted by molar-refractivity contribution is -0.121. The number of carbonyl (C=O) groups is 1. The van der Waals surface area contributed by atoms with E-state index in [2.05, 4.69) is 15.5 Å². The van der Waals surface area contributed by atoms with Gasteiger partial charge in [0.25, 0.3) is 5.91 Å². The molecule has 1 heterocycles. The number of nitrogens with zero attached hydrogens (tertiary/aromatic N) is 3. The van der Waals surface area contributed by atoms with Crippen LogP contribution in [0.25, 0.3) is 11.0 Å². The first-order chi connectivity index (χ1) is 11.1. The molecule has 0 spiro atoms. The fourth-order valence-electron chi connectivity index (χ4n) is 2.33. The van der Waals surface area contributed by atoms with Gasteiger partial charge < -0.3 is 4.57 Å². The average Bonchev–Trinajstić information content (AvgIpc) is 2.96. The van der Waals surface area contributed by atoms with Gasteiger partial charge in [0.05, 0.1) is 23.1 Å². The fourth-order valence-corrected chi connectivity index (χ4v) is 2.33. The van der Waals surface area contributed by atoms with Crippen molar-refractivity contribution >= 4 is 22.7 Å². The van der Waals surface area contributed by atoms with Gasteiger partial charge in [-0.2, -0.15) is 5.10 Å². The first kappa shape index (κ1) is 15.0. The molecule has 0 saturated carbocycles. The van der Waals surface area contributed by atoms with Crippen LogP contribution in [-0.2, 0) is 11.3 Å². The lowest BCUT2D eigenvalue weighted by Crippen LogP contribution is -2.24. The van der Waals surface area contributed by atoms with Crippen molar-refractivity contribution < 1.29 is 4.79 Å². The molecule has 2 aromatic carbocycles. The van der Waals surface area contributed by atoms with Gasteiger partial charge in [-0.25, -0.2) is 10.4 Å². The second kappa shape index (κ2) is 6.44. The van der Waals surface area contributed by atoms with Gasteiger partial charge in [-0.15, -0.1) is 0 Å². The van der Waals surface area contributed by atoms with Crippen LogP contribution in [0.2, 0.25) is 0 Å². The number of amides is 1. The van der Waals surface area contributed by atoms with Gasteiger partial charge in [-0.1, -0.05) is 42.0 Å². The minimum atomic E-state index is -0.181. The molecule has 5 nitrogen and oxygen atoms in total. The third-order valence-corrected chi connectivity index (χ3v) is 3.66. The summed E-state index contributed by atoms with van der Waals surface area (Å²) in [4.78, 5) is 16.3. The van der Waals surface area contributed by atoms with Crippen LogP contribution in [0.3, 0.4) is 0 Å². The zero-order valence-electron chi connectivity index (χ0n) is 13.2. The van der Waals surface area contributed by atoms with Crippen molar-refractivity contribution in [3.63, 3.8) is 0 Å². The molecule has 0 saturated heterocycles. The quantitative estimate of drug-likeness (QED) is 0.595. The number of nitrogens with one attached hydrogen (secondary N) is 1. The van der Waals surface area contributed by atoms with Gasteiger partial charge in [0.1, 0.15) is 6.54 Å². The number of benzene rings is 2. The van der Waals surface area contributed by atoms with Crippen molar-refractivity contribution in [2.75, 3.05) is 0 Å². The first-order valence-electron chi connectivity index (χ1n) is 7.43. The third-order valence-electron chi connectivity index (χ3n) is 3.66. The van der Waals surface area contributed by atoms with Crippen LogP contribution in [-0.4, -0.2) is 21.2 Å². The monoisotopic (exact) mass is 306 g/mol. The fraction of sp³-hybridized carbons (Fsp3) is 0.167. The van der Waals surface area contributed by atoms with E-state index in [-0.39, 0.29) is 12.5 Å². The highest BCUT2D eigenvalue weighted by molar-refractivity contribution is 5.99. The predicted octanol–water partition coefficient (Wildman–Crippen LogP) is 2.89. The average molecular weight is 306 g/mol. The van der Waals surface area contributed by atoms with Crippen LogP contribution in [0.15, 0.2) is 60.0 Å². The normalized spacial score (nSPS) is 11.7. The molecule has 3 aromatic rings. The summed E-state index contributed by atoms with van der Waals surface area (Å²) in [5.74, 6) is -0.181. The summed E-state index contributed by atoms with van der Waals surface area (Å²) in [5.41, 5.74) is 7.36. The summed E-state index contributed by atoms with van der Waals surface area (Å²) in [7, 11) is 0. The molecule has 1 N–H and O–H groups in total. The highest BCUT2D eigenvalue weighted by Gasteiger charge is 2.06.